The molecule has 0 spiro atoms. The molecule has 3 aromatic rings. The number of ether oxygens (including phenoxy) is 1. The monoisotopic (exact) mass is 333 g/mol. The number of anilines is 2. The highest BCUT2D eigenvalue weighted by molar-refractivity contribution is 5.95. The molecule has 5 nitrogen and oxygen atoms in total. The van der Waals surface area contributed by atoms with Crippen molar-refractivity contribution in [2.45, 2.75) is 6.92 Å². The topological polar surface area (TPSA) is 60.2 Å². The molecule has 126 valence electrons. The SMILES string of the molecule is C=C/C=C(\C=C/C)COc1cccc2onc(Nc3cccnc3)c12. The molecule has 0 aliphatic heterocycles. The smallest absolute Gasteiger partial charge is 0.185 e. The Hall–Kier alpha value is -3.34. The number of benzene rings is 1. The molecule has 1 aromatic carbocycles. The zero-order chi connectivity index (χ0) is 17.5. The van der Waals surface area contributed by atoms with E-state index in [0.29, 0.717) is 23.8 Å². The first-order chi connectivity index (χ1) is 12.3. The Labute approximate surface area is 146 Å². The summed E-state index contributed by atoms with van der Waals surface area (Å²) in [6.45, 7) is 6.12. The van der Waals surface area contributed by atoms with Gasteiger partial charge in [-0.1, -0.05) is 42.1 Å². The van der Waals surface area contributed by atoms with E-state index in [-0.39, 0.29) is 0 Å². The van der Waals surface area contributed by atoms with Crippen LogP contribution >= 0.6 is 0 Å². The fraction of sp³-hybridized carbons (Fsp3) is 0.100. The van der Waals surface area contributed by atoms with Crippen LogP contribution in [-0.4, -0.2) is 16.7 Å². The molecule has 0 atom stereocenters. The van der Waals surface area contributed by atoms with Crippen LogP contribution in [0.4, 0.5) is 11.5 Å². The van der Waals surface area contributed by atoms with Crippen molar-refractivity contribution in [3.05, 3.63) is 79.2 Å². The second-order valence-corrected chi connectivity index (χ2v) is 5.29. The molecule has 0 unspecified atom stereocenters. The molecule has 0 amide bonds. The lowest BCUT2D eigenvalue weighted by atomic mass is 10.2. The van der Waals surface area contributed by atoms with Crippen LogP contribution in [0.1, 0.15) is 6.92 Å². The van der Waals surface area contributed by atoms with Crippen molar-refractivity contribution in [2.75, 3.05) is 11.9 Å². The zero-order valence-corrected chi connectivity index (χ0v) is 14.0. The summed E-state index contributed by atoms with van der Waals surface area (Å²) in [4.78, 5) is 4.09. The predicted molar refractivity (Wildman–Crippen MR) is 100 cm³/mol. The van der Waals surface area contributed by atoms with Gasteiger partial charge in [-0.05, 0) is 36.8 Å². The molecule has 5 heteroatoms. The highest BCUT2D eigenvalue weighted by Crippen LogP contribution is 2.33. The molecular weight excluding hydrogens is 314 g/mol. The Morgan fingerprint density at radius 2 is 2.24 bits per heavy atom. The molecule has 25 heavy (non-hydrogen) atoms. The van der Waals surface area contributed by atoms with Crippen LogP contribution in [0.5, 0.6) is 5.75 Å². The maximum absolute atomic E-state index is 6.00. The first-order valence-electron chi connectivity index (χ1n) is 7.94. The Balaban J connectivity index is 1.89. The Morgan fingerprint density at radius 3 is 3.00 bits per heavy atom. The van der Waals surface area contributed by atoms with E-state index in [1.54, 1.807) is 18.5 Å². The summed E-state index contributed by atoms with van der Waals surface area (Å²) in [5.74, 6) is 1.29. The highest BCUT2D eigenvalue weighted by Gasteiger charge is 2.14. The van der Waals surface area contributed by atoms with Crippen LogP contribution in [0.2, 0.25) is 0 Å². The lowest BCUT2D eigenvalue weighted by Crippen LogP contribution is -2.00. The number of nitrogens with zero attached hydrogens (tertiary/aromatic N) is 2. The second-order valence-electron chi connectivity index (χ2n) is 5.29. The van der Waals surface area contributed by atoms with Gasteiger partial charge >= 0.3 is 0 Å². The normalized spacial score (nSPS) is 11.8. The largest absolute Gasteiger partial charge is 0.488 e. The van der Waals surface area contributed by atoms with Crippen LogP contribution < -0.4 is 10.1 Å². The molecule has 3 rings (SSSR count). The van der Waals surface area contributed by atoms with Gasteiger partial charge in [-0.2, -0.15) is 0 Å². The third kappa shape index (κ3) is 3.95. The minimum Gasteiger partial charge on any atom is -0.488 e. The number of rotatable bonds is 7. The van der Waals surface area contributed by atoms with E-state index in [1.165, 1.54) is 0 Å². The number of aromatic nitrogens is 2. The number of nitrogens with one attached hydrogen (secondary N) is 1. The third-order valence-electron chi connectivity index (χ3n) is 3.49. The predicted octanol–water partition coefficient (Wildman–Crippen LogP) is 5.03. The van der Waals surface area contributed by atoms with E-state index in [9.17, 15) is 0 Å². The van der Waals surface area contributed by atoms with Gasteiger partial charge in [0.1, 0.15) is 17.7 Å². The lowest BCUT2D eigenvalue weighted by molar-refractivity contribution is 0.360. The van der Waals surface area contributed by atoms with Gasteiger partial charge in [0, 0.05) is 6.20 Å². The summed E-state index contributed by atoms with van der Waals surface area (Å²) in [7, 11) is 0. The van der Waals surface area contributed by atoms with Crippen LogP contribution in [0.15, 0.2) is 83.7 Å². The number of fused-ring (bicyclic) bond motifs is 1. The van der Waals surface area contributed by atoms with E-state index < -0.39 is 0 Å². The number of hydrogen-bond acceptors (Lipinski definition) is 5. The summed E-state index contributed by atoms with van der Waals surface area (Å²) in [6.07, 6.45) is 11.1. The molecule has 2 heterocycles. The Bertz CT molecular complexity index is 911. The van der Waals surface area contributed by atoms with Gasteiger partial charge in [-0.15, -0.1) is 0 Å². The molecule has 0 radical (unpaired) electrons. The van der Waals surface area contributed by atoms with Gasteiger partial charge in [-0.25, -0.2) is 0 Å². The molecule has 0 bridgehead atoms. The number of allylic oxidation sites excluding steroid dienone is 3. The van der Waals surface area contributed by atoms with Crippen molar-refractivity contribution in [1.82, 2.24) is 10.1 Å². The molecule has 0 aliphatic rings. The minimum atomic E-state index is 0.424. The quantitative estimate of drug-likeness (QED) is 0.614. The fourth-order valence-corrected chi connectivity index (χ4v) is 2.42. The average molecular weight is 333 g/mol. The maximum atomic E-state index is 6.00. The van der Waals surface area contributed by atoms with Crippen molar-refractivity contribution in [1.29, 1.82) is 0 Å². The highest BCUT2D eigenvalue weighted by atomic mass is 16.5. The van der Waals surface area contributed by atoms with Gasteiger partial charge in [0.15, 0.2) is 11.4 Å². The van der Waals surface area contributed by atoms with Gasteiger partial charge in [0.05, 0.1) is 11.9 Å². The zero-order valence-electron chi connectivity index (χ0n) is 14.0. The van der Waals surface area contributed by atoms with Gasteiger partial charge in [0.25, 0.3) is 0 Å². The molecule has 1 N–H and O–H groups in total. The third-order valence-corrected chi connectivity index (χ3v) is 3.49. The maximum Gasteiger partial charge on any atom is 0.185 e. The van der Waals surface area contributed by atoms with Gasteiger partial charge < -0.3 is 14.6 Å². The first kappa shape index (κ1) is 16.5. The van der Waals surface area contributed by atoms with Crippen LogP contribution in [0, 0.1) is 0 Å². The van der Waals surface area contributed by atoms with Crippen LogP contribution in [0.3, 0.4) is 0 Å². The van der Waals surface area contributed by atoms with E-state index in [4.69, 9.17) is 9.26 Å². The molecule has 0 saturated carbocycles. The van der Waals surface area contributed by atoms with Crippen molar-refractivity contribution in [3.8, 4) is 5.75 Å². The summed E-state index contributed by atoms with van der Waals surface area (Å²) >= 11 is 0. The van der Waals surface area contributed by atoms with Gasteiger partial charge in [0.2, 0.25) is 0 Å². The minimum absolute atomic E-state index is 0.424. The number of hydrogen-bond donors (Lipinski definition) is 1. The second kappa shape index (κ2) is 7.97. The fourth-order valence-electron chi connectivity index (χ4n) is 2.42. The molecule has 2 aromatic heterocycles. The van der Waals surface area contributed by atoms with Gasteiger partial charge in [-0.3, -0.25) is 4.98 Å². The van der Waals surface area contributed by atoms with Crippen molar-refractivity contribution >= 4 is 22.5 Å². The standard InChI is InChI=1S/C20H19N3O2/c1-3-7-15(8-4-2)14-24-17-10-5-11-18-19(17)20(23-25-18)22-16-9-6-12-21-13-16/h3-13H,1,14H2,2H3,(H,22,23)/b8-4-,15-7+. The first-order valence-corrected chi connectivity index (χ1v) is 7.94. The number of pyridine rings is 1. The molecular formula is C20H19N3O2. The van der Waals surface area contributed by atoms with Crippen LogP contribution in [-0.2, 0) is 0 Å². The molecule has 0 fully saturated rings. The lowest BCUT2D eigenvalue weighted by Gasteiger charge is -2.09. The Kier molecular flexibility index (Phi) is 5.26. The van der Waals surface area contributed by atoms with E-state index in [1.807, 2.05) is 55.5 Å². The Morgan fingerprint density at radius 1 is 1.32 bits per heavy atom. The van der Waals surface area contributed by atoms with E-state index in [2.05, 4.69) is 22.0 Å². The van der Waals surface area contributed by atoms with Crippen molar-refractivity contribution < 1.29 is 9.26 Å². The summed E-state index contributed by atoms with van der Waals surface area (Å²) in [5, 5.41) is 8.12. The average Bonchev–Trinajstić information content (AvgIpc) is 3.04. The summed E-state index contributed by atoms with van der Waals surface area (Å²) in [5.41, 5.74) is 2.51. The molecule has 0 aliphatic carbocycles. The molecule has 0 saturated heterocycles. The summed E-state index contributed by atoms with van der Waals surface area (Å²) in [6, 6.07) is 9.40. The van der Waals surface area contributed by atoms with E-state index in [0.717, 1.165) is 16.6 Å². The summed E-state index contributed by atoms with van der Waals surface area (Å²) < 4.78 is 11.4. The van der Waals surface area contributed by atoms with Crippen LogP contribution in [0.25, 0.3) is 11.0 Å². The van der Waals surface area contributed by atoms with Crippen molar-refractivity contribution in [3.63, 3.8) is 0 Å². The van der Waals surface area contributed by atoms with Crippen molar-refractivity contribution in [2.24, 2.45) is 0 Å². The van der Waals surface area contributed by atoms with E-state index >= 15 is 0 Å².